The van der Waals surface area contributed by atoms with Crippen molar-refractivity contribution in [1.82, 2.24) is 4.90 Å². The zero-order valence-electron chi connectivity index (χ0n) is 11.0. The van der Waals surface area contributed by atoms with Gasteiger partial charge in [0.25, 0.3) is 0 Å². The van der Waals surface area contributed by atoms with E-state index in [1.807, 2.05) is 24.3 Å². The van der Waals surface area contributed by atoms with Crippen molar-refractivity contribution in [2.45, 2.75) is 31.2 Å². The Morgan fingerprint density at radius 3 is 2.85 bits per heavy atom. The van der Waals surface area contributed by atoms with Gasteiger partial charge < -0.3 is 10.0 Å². The van der Waals surface area contributed by atoms with E-state index in [0.717, 1.165) is 22.9 Å². The molecule has 5 heteroatoms. The fourth-order valence-electron chi connectivity index (χ4n) is 3.07. The number of carboxylic acids is 1. The van der Waals surface area contributed by atoms with Crippen LogP contribution < -0.4 is 0 Å². The SMILES string of the molecule is O=C(O)[C@H]1CCCN1C(=O)[C@H]1C[C@H]1c1cccc(Br)c1. The maximum Gasteiger partial charge on any atom is 0.326 e. The standard InChI is InChI=1S/C15H16BrNO3/c16-10-4-1-3-9(7-10)11-8-12(11)14(18)17-6-2-5-13(17)15(19)20/h1,3-4,7,11-13H,2,5-6,8H2,(H,19,20)/t11-,12-,13+/m0/s1. The van der Waals surface area contributed by atoms with Gasteiger partial charge in [0.15, 0.2) is 0 Å². The molecule has 3 atom stereocenters. The molecular weight excluding hydrogens is 322 g/mol. The predicted molar refractivity (Wildman–Crippen MR) is 77.4 cm³/mol. The number of benzene rings is 1. The number of likely N-dealkylation sites (tertiary alicyclic amines) is 1. The van der Waals surface area contributed by atoms with Crippen LogP contribution in [0.5, 0.6) is 0 Å². The van der Waals surface area contributed by atoms with Gasteiger partial charge >= 0.3 is 5.97 Å². The summed E-state index contributed by atoms with van der Waals surface area (Å²) in [7, 11) is 0. The number of carboxylic acid groups (broad SMARTS) is 1. The van der Waals surface area contributed by atoms with Gasteiger partial charge in [-0.25, -0.2) is 4.79 Å². The molecule has 1 aromatic rings. The smallest absolute Gasteiger partial charge is 0.326 e. The summed E-state index contributed by atoms with van der Waals surface area (Å²) in [5.41, 5.74) is 1.16. The van der Waals surface area contributed by atoms with Crippen molar-refractivity contribution in [1.29, 1.82) is 0 Å². The summed E-state index contributed by atoms with van der Waals surface area (Å²) in [5.74, 6) is -0.658. The van der Waals surface area contributed by atoms with Gasteiger partial charge in [0.2, 0.25) is 5.91 Å². The zero-order valence-corrected chi connectivity index (χ0v) is 12.5. The van der Waals surface area contributed by atoms with E-state index in [-0.39, 0.29) is 17.7 Å². The van der Waals surface area contributed by atoms with Crippen molar-refractivity contribution in [3.63, 3.8) is 0 Å². The molecule has 4 nitrogen and oxygen atoms in total. The van der Waals surface area contributed by atoms with Gasteiger partial charge in [-0.3, -0.25) is 4.79 Å². The van der Waals surface area contributed by atoms with Crippen molar-refractivity contribution in [2.24, 2.45) is 5.92 Å². The highest BCUT2D eigenvalue weighted by molar-refractivity contribution is 9.10. The average Bonchev–Trinajstić information content (AvgIpc) is 3.06. The summed E-state index contributed by atoms with van der Waals surface area (Å²) in [4.78, 5) is 25.2. The van der Waals surface area contributed by atoms with Crippen LogP contribution in [-0.4, -0.2) is 34.5 Å². The number of carbonyl (C=O) groups excluding carboxylic acids is 1. The summed E-state index contributed by atoms with van der Waals surface area (Å²) in [5, 5.41) is 9.15. The number of rotatable bonds is 3. The molecule has 1 N–H and O–H groups in total. The summed E-state index contributed by atoms with van der Waals surface area (Å²) >= 11 is 3.44. The third-order valence-corrected chi connectivity index (χ3v) is 4.70. The molecule has 106 valence electrons. The fraction of sp³-hybridized carbons (Fsp3) is 0.467. The van der Waals surface area contributed by atoms with E-state index in [1.54, 1.807) is 4.90 Å². The molecule has 0 unspecified atom stereocenters. The topological polar surface area (TPSA) is 57.6 Å². The quantitative estimate of drug-likeness (QED) is 0.922. The van der Waals surface area contributed by atoms with E-state index in [4.69, 9.17) is 5.11 Å². The molecule has 0 bridgehead atoms. The lowest BCUT2D eigenvalue weighted by Crippen LogP contribution is -2.41. The molecule has 1 aliphatic carbocycles. The van der Waals surface area contributed by atoms with E-state index in [9.17, 15) is 9.59 Å². The van der Waals surface area contributed by atoms with Crippen molar-refractivity contribution in [3.05, 3.63) is 34.3 Å². The molecule has 1 amide bonds. The number of amides is 1. The molecule has 1 saturated heterocycles. The van der Waals surface area contributed by atoms with E-state index in [2.05, 4.69) is 15.9 Å². The molecule has 0 aromatic heterocycles. The number of nitrogens with zero attached hydrogens (tertiary/aromatic N) is 1. The highest BCUT2D eigenvalue weighted by atomic mass is 79.9. The summed E-state index contributed by atoms with van der Waals surface area (Å²) < 4.78 is 1.01. The van der Waals surface area contributed by atoms with Crippen LogP contribution in [0.1, 0.15) is 30.7 Å². The van der Waals surface area contributed by atoms with Gasteiger partial charge in [0.1, 0.15) is 6.04 Å². The number of aliphatic carboxylic acids is 1. The molecule has 1 aliphatic heterocycles. The van der Waals surface area contributed by atoms with E-state index >= 15 is 0 Å². The van der Waals surface area contributed by atoms with Crippen molar-refractivity contribution < 1.29 is 14.7 Å². The first-order valence-electron chi connectivity index (χ1n) is 6.86. The zero-order chi connectivity index (χ0) is 14.3. The molecule has 20 heavy (non-hydrogen) atoms. The van der Waals surface area contributed by atoms with E-state index < -0.39 is 12.0 Å². The number of hydrogen-bond acceptors (Lipinski definition) is 2. The fourth-order valence-corrected chi connectivity index (χ4v) is 3.49. The lowest BCUT2D eigenvalue weighted by atomic mass is 10.1. The second-order valence-electron chi connectivity index (χ2n) is 5.53. The van der Waals surface area contributed by atoms with Crippen LogP contribution in [0.15, 0.2) is 28.7 Å². The maximum atomic E-state index is 12.4. The summed E-state index contributed by atoms with van der Waals surface area (Å²) in [6, 6.07) is 7.38. The van der Waals surface area contributed by atoms with Crippen LogP contribution in [0.2, 0.25) is 0 Å². The molecular formula is C15H16BrNO3. The Labute approximate surface area is 125 Å². The Morgan fingerprint density at radius 2 is 2.15 bits per heavy atom. The van der Waals surface area contributed by atoms with Crippen molar-refractivity contribution in [2.75, 3.05) is 6.54 Å². The molecule has 0 spiro atoms. The lowest BCUT2D eigenvalue weighted by Gasteiger charge is -2.21. The third kappa shape index (κ3) is 2.46. The van der Waals surface area contributed by atoms with Crippen LogP contribution in [0.4, 0.5) is 0 Å². The second kappa shape index (κ2) is 5.20. The van der Waals surface area contributed by atoms with E-state index in [0.29, 0.717) is 13.0 Å². The molecule has 3 rings (SSSR count). The van der Waals surface area contributed by atoms with E-state index in [1.165, 1.54) is 0 Å². The van der Waals surface area contributed by atoms with Gasteiger partial charge in [-0.2, -0.15) is 0 Å². The van der Waals surface area contributed by atoms with Crippen LogP contribution in [0, 0.1) is 5.92 Å². The Kier molecular flexibility index (Phi) is 3.54. The number of hydrogen-bond donors (Lipinski definition) is 1. The molecule has 2 fully saturated rings. The molecule has 0 radical (unpaired) electrons. The van der Waals surface area contributed by atoms with Gasteiger partial charge in [0, 0.05) is 16.9 Å². The van der Waals surface area contributed by atoms with Crippen LogP contribution in [-0.2, 0) is 9.59 Å². The third-order valence-electron chi connectivity index (χ3n) is 4.21. The highest BCUT2D eigenvalue weighted by Gasteiger charge is 2.48. The first-order valence-corrected chi connectivity index (χ1v) is 7.66. The van der Waals surface area contributed by atoms with Gasteiger partial charge in [-0.05, 0) is 42.9 Å². The maximum absolute atomic E-state index is 12.4. The lowest BCUT2D eigenvalue weighted by molar-refractivity contribution is -0.148. The minimum absolute atomic E-state index is 0.0138. The Balaban J connectivity index is 1.70. The van der Waals surface area contributed by atoms with Crippen LogP contribution in [0.25, 0.3) is 0 Å². The Hall–Kier alpha value is -1.36. The average molecular weight is 338 g/mol. The minimum Gasteiger partial charge on any atom is -0.480 e. The number of halogens is 1. The molecule has 1 aromatic carbocycles. The summed E-state index contributed by atoms with van der Waals surface area (Å²) in [6.45, 7) is 0.581. The van der Waals surface area contributed by atoms with Gasteiger partial charge in [-0.15, -0.1) is 0 Å². The van der Waals surface area contributed by atoms with Crippen molar-refractivity contribution in [3.8, 4) is 0 Å². The minimum atomic E-state index is -0.879. The molecule has 2 aliphatic rings. The normalized spacial score (nSPS) is 28.4. The van der Waals surface area contributed by atoms with Crippen LogP contribution >= 0.6 is 15.9 Å². The first kappa shape index (κ1) is 13.6. The predicted octanol–water partition coefficient (Wildman–Crippen LogP) is 2.63. The largest absolute Gasteiger partial charge is 0.480 e. The van der Waals surface area contributed by atoms with Crippen LogP contribution in [0.3, 0.4) is 0 Å². The highest BCUT2D eigenvalue weighted by Crippen LogP contribution is 2.49. The first-order chi connectivity index (χ1) is 9.58. The Bertz CT molecular complexity index is 560. The molecule has 1 heterocycles. The number of carbonyl (C=O) groups is 2. The van der Waals surface area contributed by atoms with Gasteiger partial charge in [0.05, 0.1) is 0 Å². The Morgan fingerprint density at radius 1 is 1.35 bits per heavy atom. The van der Waals surface area contributed by atoms with Gasteiger partial charge in [-0.1, -0.05) is 28.1 Å². The second-order valence-corrected chi connectivity index (χ2v) is 6.45. The summed E-state index contributed by atoms with van der Waals surface area (Å²) in [6.07, 6.45) is 2.20. The van der Waals surface area contributed by atoms with Crippen molar-refractivity contribution >= 4 is 27.8 Å². The monoisotopic (exact) mass is 337 g/mol. The molecule has 1 saturated carbocycles.